The SMILES string of the molecule is CC1OCCC1(CN)Cc1cn(C)nn1. The Morgan fingerprint density at radius 2 is 2.53 bits per heavy atom. The summed E-state index contributed by atoms with van der Waals surface area (Å²) in [6.07, 6.45) is 4.03. The van der Waals surface area contributed by atoms with Gasteiger partial charge in [0.15, 0.2) is 0 Å². The van der Waals surface area contributed by atoms with Crippen molar-refractivity contribution in [3.05, 3.63) is 11.9 Å². The third-order valence-electron chi connectivity index (χ3n) is 3.42. The molecule has 2 heterocycles. The molecule has 1 aliphatic rings. The molecule has 0 spiro atoms. The van der Waals surface area contributed by atoms with Gasteiger partial charge in [0.2, 0.25) is 0 Å². The van der Waals surface area contributed by atoms with Gasteiger partial charge in [-0.05, 0) is 13.3 Å². The van der Waals surface area contributed by atoms with Gasteiger partial charge < -0.3 is 10.5 Å². The number of hydrogen-bond donors (Lipinski definition) is 1. The quantitative estimate of drug-likeness (QED) is 0.769. The summed E-state index contributed by atoms with van der Waals surface area (Å²) >= 11 is 0. The Labute approximate surface area is 89.6 Å². The van der Waals surface area contributed by atoms with E-state index in [1.165, 1.54) is 0 Å². The van der Waals surface area contributed by atoms with Crippen LogP contribution >= 0.6 is 0 Å². The van der Waals surface area contributed by atoms with E-state index in [9.17, 15) is 0 Å². The van der Waals surface area contributed by atoms with Crippen molar-refractivity contribution in [1.29, 1.82) is 0 Å². The standard InChI is InChI=1S/C10H18N4O/c1-8-10(7-11,3-4-15-8)5-9-6-14(2)13-12-9/h6,8H,3-5,7,11H2,1-2H3. The third kappa shape index (κ3) is 1.89. The van der Waals surface area contributed by atoms with E-state index in [1.807, 2.05) is 13.2 Å². The molecule has 1 aromatic heterocycles. The minimum absolute atomic E-state index is 0.0516. The zero-order valence-electron chi connectivity index (χ0n) is 9.31. The Kier molecular flexibility index (Phi) is 2.75. The monoisotopic (exact) mass is 210 g/mol. The second-order valence-electron chi connectivity index (χ2n) is 4.39. The summed E-state index contributed by atoms with van der Waals surface area (Å²) in [6.45, 7) is 3.54. The van der Waals surface area contributed by atoms with Crippen molar-refractivity contribution in [3.8, 4) is 0 Å². The second kappa shape index (κ2) is 3.90. The van der Waals surface area contributed by atoms with Gasteiger partial charge in [0.25, 0.3) is 0 Å². The zero-order valence-corrected chi connectivity index (χ0v) is 9.31. The molecule has 0 aromatic carbocycles. The Morgan fingerprint density at radius 3 is 3.00 bits per heavy atom. The summed E-state index contributed by atoms with van der Waals surface area (Å²) in [5.74, 6) is 0. The number of nitrogens with zero attached hydrogens (tertiary/aromatic N) is 3. The Morgan fingerprint density at radius 1 is 1.73 bits per heavy atom. The maximum Gasteiger partial charge on any atom is 0.0834 e. The first-order chi connectivity index (χ1) is 7.16. The molecule has 2 atom stereocenters. The highest BCUT2D eigenvalue weighted by Crippen LogP contribution is 2.36. The molecule has 0 saturated carbocycles. The van der Waals surface area contributed by atoms with E-state index in [1.54, 1.807) is 4.68 Å². The van der Waals surface area contributed by atoms with Gasteiger partial charge >= 0.3 is 0 Å². The van der Waals surface area contributed by atoms with Gasteiger partial charge in [-0.3, -0.25) is 4.68 Å². The molecule has 2 N–H and O–H groups in total. The van der Waals surface area contributed by atoms with Crippen molar-refractivity contribution < 1.29 is 4.74 Å². The Hall–Kier alpha value is -0.940. The van der Waals surface area contributed by atoms with Crippen LogP contribution < -0.4 is 5.73 Å². The van der Waals surface area contributed by atoms with Gasteiger partial charge in [0.1, 0.15) is 0 Å². The van der Waals surface area contributed by atoms with E-state index in [4.69, 9.17) is 10.5 Å². The lowest BCUT2D eigenvalue weighted by atomic mass is 9.78. The highest BCUT2D eigenvalue weighted by Gasteiger charge is 2.40. The fourth-order valence-corrected chi connectivity index (χ4v) is 2.23. The van der Waals surface area contributed by atoms with E-state index in [2.05, 4.69) is 17.2 Å². The zero-order chi connectivity index (χ0) is 10.9. The first-order valence-electron chi connectivity index (χ1n) is 5.33. The smallest absolute Gasteiger partial charge is 0.0834 e. The molecule has 1 fully saturated rings. The topological polar surface area (TPSA) is 66.0 Å². The number of ether oxygens (including phenoxy) is 1. The molecule has 5 heteroatoms. The predicted octanol–water partition coefficient (Wildman–Crippen LogP) is 0.111. The van der Waals surface area contributed by atoms with Crippen molar-refractivity contribution in [1.82, 2.24) is 15.0 Å². The lowest BCUT2D eigenvalue weighted by Gasteiger charge is -2.29. The summed E-state index contributed by atoms with van der Waals surface area (Å²) in [6, 6.07) is 0. The number of aromatic nitrogens is 3. The van der Waals surface area contributed by atoms with Crippen LogP contribution in [0.15, 0.2) is 6.20 Å². The fraction of sp³-hybridized carbons (Fsp3) is 0.800. The predicted molar refractivity (Wildman–Crippen MR) is 56.2 cm³/mol. The molecule has 1 aliphatic heterocycles. The molecule has 2 rings (SSSR count). The summed E-state index contributed by atoms with van der Waals surface area (Å²) in [5.41, 5.74) is 6.93. The van der Waals surface area contributed by atoms with Gasteiger partial charge in [-0.1, -0.05) is 5.21 Å². The van der Waals surface area contributed by atoms with Crippen LogP contribution in [0.5, 0.6) is 0 Å². The molecular formula is C10H18N4O. The highest BCUT2D eigenvalue weighted by atomic mass is 16.5. The number of nitrogens with two attached hydrogens (primary N) is 1. The van der Waals surface area contributed by atoms with Crippen LogP contribution in [0.1, 0.15) is 19.0 Å². The molecule has 5 nitrogen and oxygen atoms in total. The molecule has 2 unspecified atom stereocenters. The summed E-state index contributed by atoms with van der Waals surface area (Å²) in [5, 5.41) is 8.04. The van der Waals surface area contributed by atoms with E-state index in [0.717, 1.165) is 25.1 Å². The van der Waals surface area contributed by atoms with E-state index in [-0.39, 0.29) is 11.5 Å². The molecule has 1 saturated heterocycles. The molecule has 0 amide bonds. The molecule has 0 radical (unpaired) electrons. The van der Waals surface area contributed by atoms with Gasteiger partial charge in [0.05, 0.1) is 11.8 Å². The number of hydrogen-bond acceptors (Lipinski definition) is 4. The van der Waals surface area contributed by atoms with Crippen molar-refractivity contribution in [2.45, 2.75) is 25.9 Å². The second-order valence-corrected chi connectivity index (χ2v) is 4.39. The van der Waals surface area contributed by atoms with Gasteiger partial charge in [-0.15, -0.1) is 5.10 Å². The van der Waals surface area contributed by atoms with E-state index in [0.29, 0.717) is 6.54 Å². The van der Waals surface area contributed by atoms with Crippen LogP contribution in [0.25, 0.3) is 0 Å². The lowest BCUT2D eigenvalue weighted by Crippen LogP contribution is -2.38. The first-order valence-corrected chi connectivity index (χ1v) is 5.33. The number of aryl methyl sites for hydroxylation is 1. The van der Waals surface area contributed by atoms with Crippen LogP contribution in [-0.2, 0) is 18.2 Å². The molecule has 0 bridgehead atoms. The van der Waals surface area contributed by atoms with Crippen LogP contribution in [0, 0.1) is 5.41 Å². The molecule has 0 aliphatic carbocycles. The summed E-state index contributed by atoms with van der Waals surface area (Å²) in [4.78, 5) is 0. The molecular weight excluding hydrogens is 192 g/mol. The van der Waals surface area contributed by atoms with Crippen molar-refractivity contribution in [2.75, 3.05) is 13.2 Å². The first kappa shape index (κ1) is 10.6. The summed E-state index contributed by atoms with van der Waals surface area (Å²) in [7, 11) is 1.88. The van der Waals surface area contributed by atoms with Crippen LogP contribution in [0.3, 0.4) is 0 Å². The Balaban J connectivity index is 2.14. The minimum atomic E-state index is 0.0516. The van der Waals surface area contributed by atoms with E-state index >= 15 is 0 Å². The van der Waals surface area contributed by atoms with Crippen molar-refractivity contribution in [3.63, 3.8) is 0 Å². The Bertz CT molecular complexity index is 338. The van der Waals surface area contributed by atoms with Crippen molar-refractivity contribution in [2.24, 2.45) is 18.2 Å². The number of rotatable bonds is 3. The van der Waals surface area contributed by atoms with Gasteiger partial charge in [-0.25, -0.2) is 0 Å². The van der Waals surface area contributed by atoms with Gasteiger partial charge in [0, 0.05) is 38.2 Å². The van der Waals surface area contributed by atoms with E-state index < -0.39 is 0 Å². The lowest BCUT2D eigenvalue weighted by molar-refractivity contribution is 0.0669. The third-order valence-corrected chi connectivity index (χ3v) is 3.42. The van der Waals surface area contributed by atoms with Crippen LogP contribution in [0.4, 0.5) is 0 Å². The fourth-order valence-electron chi connectivity index (χ4n) is 2.23. The van der Waals surface area contributed by atoms with Gasteiger partial charge in [-0.2, -0.15) is 0 Å². The largest absolute Gasteiger partial charge is 0.378 e. The molecule has 84 valence electrons. The van der Waals surface area contributed by atoms with Crippen LogP contribution in [-0.4, -0.2) is 34.2 Å². The average molecular weight is 210 g/mol. The molecule has 15 heavy (non-hydrogen) atoms. The normalized spacial score (nSPS) is 31.0. The maximum absolute atomic E-state index is 5.88. The summed E-state index contributed by atoms with van der Waals surface area (Å²) < 4.78 is 7.33. The maximum atomic E-state index is 5.88. The highest BCUT2D eigenvalue weighted by molar-refractivity contribution is 5.03. The molecule has 1 aromatic rings. The van der Waals surface area contributed by atoms with Crippen LogP contribution in [0.2, 0.25) is 0 Å². The average Bonchev–Trinajstić information content (AvgIpc) is 2.76. The minimum Gasteiger partial charge on any atom is -0.378 e. The van der Waals surface area contributed by atoms with Crippen molar-refractivity contribution >= 4 is 0 Å².